The van der Waals surface area contributed by atoms with Crippen LogP contribution >= 0.6 is 32.3 Å². The Kier molecular flexibility index (Phi) is 31.7. The SMILES string of the molecule is FC(=S)C(F)=S.O=P([O-])([O-])[O-].[Li+].[Li+].[Li+]. The Labute approximate surface area is 126 Å². The van der Waals surface area contributed by atoms with Crippen molar-refractivity contribution in [2.24, 2.45) is 0 Å². The second-order valence-corrected chi connectivity index (χ2v) is 2.61. The minimum Gasteiger partial charge on any atom is -0.822 e. The molecule has 66 valence electrons. The van der Waals surface area contributed by atoms with E-state index >= 15 is 0 Å². The van der Waals surface area contributed by atoms with Crippen molar-refractivity contribution in [3.8, 4) is 0 Å². The van der Waals surface area contributed by atoms with E-state index in [4.69, 9.17) is 19.2 Å². The summed E-state index contributed by atoms with van der Waals surface area (Å²) >= 11 is 7.27. The van der Waals surface area contributed by atoms with E-state index in [2.05, 4.69) is 24.4 Å². The number of thiocarbonyl (C=S) groups is 2. The van der Waals surface area contributed by atoms with Gasteiger partial charge in [0.15, 0.2) is 0 Å². The van der Waals surface area contributed by atoms with Crippen LogP contribution in [0.4, 0.5) is 8.78 Å². The Morgan fingerprint density at radius 1 is 0.929 bits per heavy atom. The molecule has 0 aliphatic rings. The minimum absolute atomic E-state index is 0. The van der Waals surface area contributed by atoms with Crippen molar-refractivity contribution in [2.45, 2.75) is 0 Å². The third-order valence-electron chi connectivity index (χ3n) is 0.155. The van der Waals surface area contributed by atoms with Crippen LogP contribution < -0.4 is 71.3 Å². The molecule has 0 N–H and O–H groups in total. The number of hydrogen-bond donors (Lipinski definition) is 0. The second kappa shape index (κ2) is 14.9. The summed E-state index contributed by atoms with van der Waals surface area (Å²) < 4.78 is 30.6. The van der Waals surface area contributed by atoms with Gasteiger partial charge in [-0.05, 0) is 24.4 Å². The summed E-state index contributed by atoms with van der Waals surface area (Å²) in [6, 6.07) is 0. The van der Waals surface area contributed by atoms with E-state index in [0.717, 1.165) is 0 Å². The van der Waals surface area contributed by atoms with Gasteiger partial charge in [0.05, 0.1) is 0 Å². The minimum atomic E-state index is -5.39. The van der Waals surface area contributed by atoms with Gasteiger partial charge in [-0.2, -0.15) is 16.6 Å². The summed E-state index contributed by atoms with van der Waals surface area (Å²) in [6.07, 6.45) is 0. The van der Waals surface area contributed by atoms with Gasteiger partial charge in [-0.25, -0.2) is 0 Å². The molecule has 0 saturated heterocycles. The zero-order valence-corrected chi connectivity index (χ0v) is 10.2. The van der Waals surface area contributed by atoms with Crippen LogP contribution in [0.25, 0.3) is 0 Å². The number of halogens is 2. The Balaban J connectivity index is -0.0000000321. The van der Waals surface area contributed by atoms with Crippen LogP contribution in [0.2, 0.25) is 0 Å². The van der Waals surface area contributed by atoms with Gasteiger partial charge in [0.25, 0.3) is 0 Å². The molecule has 14 heavy (non-hydrogen) atoms. The number of phosphoric acid groups is 1. The van der Waals surface area contributed by atoms with E-state index < -0.39 is 18.1 Å². The maximum Gasteiger partial charge on any atom is 1.00 e. The largest absolute Gasteiger partial charge is 1.00 e. The molecule has 0 atom stereocenters. The Morgan fingerprint density at radius 2 is 1.00 bits per heavy atom. The van der Waals surface area contributed by atoms with Crippen molar-refractivity contribution in [2.75, 3.05) is 0 Å². The topological polar surface area (TPSA) is 86.2 Å². The standard InChI is InChI=1S/C2F2S2.3Li.H3O4P/c3-1(5)2(4)6;;;;1-5(2,3)4/h;;;;(H3,1,2,3,4)/q;3*+1;/p-3. The van der Waals surface area contributed by atoms with Crippen LogP contribution in [-0.4, -0.2) is 10.2 Å². The molecule has 0 spiro atoms. The fourth-order valence-corrected chi connectivity index (χ4v) is 0. The maximum absolute atomic E-state index is 11.0. The molecule has 0 aliphatic heterocycles. The summed E-state index contributed by atoms with van der Waals surface area (Å²) in [5.41, 5.74) is 0. The molecule has 0 heterocycles. The molecular weight excluding hydrogens is 242 g/mol. The van der Waals surface area contributed by atoms with Crippen molar-refractivity contribution in [1.82, 2.24) is 0 Å². The average molecular weight is 242 g/mol. The normalized spacial score (nSPS) is 7.50. The average Bonchev–Trinajstić information content (AvgIpc) is 1.59. The van der Waals surface area contributed by atoms with Gasteiger partial charge in [-0.1, -0.05) is 0 Å². The molecule has 12 heteroatoms. The fourth-order valence-electron chi connectivity index (χ4n) is 0. The predicted molar refractivity (Wildman–Crippen MR) is 35.0 cm³/mol. The van der Waals surface area contributed by atoms with Crippen LogP contribution in [0.1, 0.15) is 0 Å². The van der Waals surface area contributed by atoms with Crippen LogP contribution in [0.15, 0.2) is 0 Å². The van der Waals surface area contributed by atoms with Crippen molar-refractivity contribution in [1.29, 1.82) is 0 Å². The quantitative estimate of drug-likeness (QED) is 0.196. The monoisotopic (exact) mass is 242 g/mol. The van der Waals surface area contributed by atoms with Crippen LogP contribution in [0.3, 0.4) is 0 Å². The molecule has 0 aromatic carbocycles. The zero-order valence-electron chi connectivity index (χ0n) is 7.65. The van der Waals surface area contributed by atoms with Gasteiger partial charge < -0.3 is 19.2 Å². The Hall–Kier alpha value is 1.94. The van der Waals surface area contributed by atoms with E-state index in [1.807, 2.05) is 0 Å². The molecule has 0 aliphatic carbocycles. The maximum atomic E-state index is 11.0. The first-order valence-corrected chi connectivity index (χ1v) is 4.04. The van der Waals surface area contributed by atoms with Crippen molar-refractivity contribution in [3.63, 3.8) is 0 Å². The van der Waals surface area contributed by atoms with Crippen LogP contribution in [0.5, 0.6) is 0 Å². The molecule has 0 rings (SSSR count). The van der Waals surface area contributed by atoms with E-state index in [1.54, 1.807) is 0 Å². The van der Waals surface area contributed by atoms with E-state index in [0.29, 0.717) is 0 Å². The van der Waals surface area contributed by atoms with Crippen LogP contribution in [0, 0.1) is 0 Å². The summed E-state index contributed by atoms with van der Waals surface area (Å²) in [4.78, 5) is 25.6. The van der Waals surface area contributed by atoms with Gasteiger partial charge in [0, 0.05) is 0 Å². The molecule has 0 aromatic heterocycles. The van der Waals surface area contributed by atoms with Gasteiger partial charge in [-0.3, -0.25) is 0 Å². The smallest absolute Gasteiger partial charge is 0.822 e. The first kappa shape index (κ1) is 29.7. The third kappa shape index (κ3) is 66.1. The van der Waals surface area contributed by atoms with Gasteiger partial charge in [-0.15, -0.1) is 0 Å². The molecule has 0 saturated carbocycles. The van der Waals surface area contributed by atoms with Gasteiger partial charge in [0.2, 0.25) is 10.2 Å². The summed E-state index contributed by atoms with van der Waals surface area (Å²) in [7, 11) is -5.39. The summed E-state index contributed by atoms with van der Waals surface area (Å²) in [5.74, 6) is 0. The molecule has 0 bridgehead atoms. The molecule has 0 aromatic rings. The number of rotatable bonds is 1. The summed E-state index contributed by atoms with van der Waals surface area (Å²) in [6.45, 7) is 0. The fraction of sp³-hybridized carbons (Fsp3) is 0. The first-order valence-electron chi connectivity index (χ1n) is 1.77. The van der Waals surface area contributed by atoms with Crippen molar-refractivity contribution in [3.05, 3.63) is 0 Å². The van der Waals surface area contributed by atoms with Crippen LogP contribution in [-0.2, 0) is 4.57 Å². The Morgan fingerprint density at radius 3 is 1.00 bits per heavy atom. The molecule has 4 nitrogen and oxygen atoms in total. The van der Waals surface area contributed by atoms with Crippen molar-refractivity contribution < 1.29 is 84.6 Å². The van der Waals surface area contributed by atoms with E-state index in [9.17, 15) is 8.78 Å². The Bertz CT molecular complexity index is 190. The van der Waals surface area contributed by atoms with Crippen molar-refractivity contribution >= 4 is 42.5 Å². The van der Waals surface area contributed by atoms with Gasteiger partial charge >= 0.3 is 56.6 Å². The predicted octanol–water partition coefficient (Wildman–Crippen LogP) is -10.2. The van der Waals surface area contributed by atoms with E-state index in [-0.39, 0.29) is 56.6 Å². The molecule has 0 unspecified atom stereocenters. The van der Waals surface area contributed by atoms with Gasteiger partial charge in [0.1, 0.15) is 0 Å². The van der Waals surface area contributed by atoms with E-state index in [1.165, 1.54) is 0 Å². The molecular formula is C2F2Li3O4PS2. The first-order chi connectivity index (χ1) is 4.64. The third-order valence-corrected chi connectivity index (χ3v) is 0.642. The zero-order chi connectivity index (χ0) is 9.65. The second-order valence-electron chi connectivity index (χ2n) is 0.995. The molecule has 0 radical (unpaired) electrons. The summed E-state index contributed by atoms with van der Waals surface area (Å²) in [5, 5.41) is -2.69. The number of hydrogen-bond acceptors (Lipinski definition) is 6. The molecule has 0 fully saturated rings. The molecule has 0 amide bonds.